The van der Waals surface area contributed by atoms with Crippen molar-refractivity contribution in [2.75, 3.05) is 0 Å². The first-order chi connectivity index (χ1) is 4.83. The van der Waals surface area contributed by atoms with Crippen molar-refractivity contribution >= 4 is 0 Å². The summed E-state index contributed by atoms with van der Waals surface area (Å²) in [5.74, 6) is 3.59. The van der Waals surface area contributed by atoms with E-state index in [9.17, 15) is 0 Å². The Bertz CT molecular complexity index is 126. The summed E-state index contributed by atoms with van der Waals surface area (Å²) in [6, 6.07) is 0. The zero-order valence-electron chi connectivity index (χ0n) is 6.55. The van der Waals surface area contributed by atoms with Crippen LogP contribution in [0.1, 0.15) is 25.7 Å². The molecular formula is C10H16. The van der Waals surface area contributed by atoms with Crippen molar-refractivity contribution in [3.63, 3.8) is 0 Å². The van der Waals surface area contributed by atoms with Gasteiger partial charge in [0.1, 0.15) is 0 Å². The second-order valence-electron chi connectivity index (χ2n) is 3.95. The van der Waals surface area contributed by atoms with Crippen molar-refractivity contribution < 1.29 is 0 Å². The quantitative estimate of drug-likeness (QED) is 0.520. The fraction of sp³-hybridized carbons (Fsp3) is 0.800. The van der Waals surface area contributed by atoms with Crippen LogP contribution < -0.4 is 0 Å². The van der Waals surface area contributed by atoms with E-state index in [1.54, 1.807) is 0 Å². The van der Waals surface area contributed by atoms with Crippen molar-refractivity contribution in [3.8, 4) is 0 Å². The van der Waals surface area contributed by atoms with Crippen molar-refractivity contribution in [1.82, 2.24) is 0 Å². The molecule has 0 aliphatic heterocycles. The van der Waals surface area contributed by atoms with Crippen LogP contribution in [0.4, 0.5) is 0 Å². The maximum absolute atomic E-state index is 4.23. The molecule has 2 bridgehead atoms. The Morgan fingerprint density at radius 3 is 2.30 bits per heavy atom. The maximum Gasteiger partial charge on any atom is -0.0355 e. The third-order valence-electron chi connectivity index (χ3n) is 3.61. The summed E-state index contributed by atoms with van der Waals surface area (Å²) >= 11 is 0. The van der Waals surface area contributed by atoms with E-state index in [1.807, 2.05) is 0 Å². The van der Waals surface area contributed by atoms with Gasteiger partial charge in [0, 0.05) is 0 Å². The molecule has 4 atom stereocenters. The van der Waals surface area contributed by atoms with Gasteiger partial charge in [0.25, 0.3) is 0 Å². The fourth-order valence-electron chi connectivity index (χ4n) is 2.98. The Hall–Kier alpha value is 0. The van der Waals surface area contributed by atoms with Gasteiger partial charge in [-0.15, -0.1) is 0 Å². The van der Waals surface area contributed by atoms with Gasteiger partial charge < -0.3 is 0 Å². The first kappa shape index (κ1) is 6.69. The average Bonchev–Trinajstić information content (AvgIpc) is 2.46. The standard InChI is InChI=1S/C10H16/c1-3-10-7(2)8-4-5-9(10)6-8/h7-10H,1-6H2. The smallest absolute Gasteiger partial charge is 0.0355 e. The van der Waals surface area contributed by atoms with Crippen molar-refractivity contribution in [3.05, 3.63) is 13.8 Å². The molecule has 0 aromatic heterocycles. The average molecular weight is 136 g/mol. The van der Waals surface area contributed by atoms with Gasteiger partial charge >= 0.3 is 0 Å². The molecule has 0 nitrogen and oxygen atoms in total. The molecule has 0 saturated heterocycles. The summed E-state index contributed by atoms with van der Waals surface area (Å²) < 4.78 is 0. The highest BCUT2D eigenvalue weighted by Gasteiger charge is 2.43. The largest absolute Gasteiger partial charge is 0.0530 e. The first-order valence-corrected chi connectivity index (χ1v) is 4.45. The predicted molar refractivity (Wildman–Crippen MR) is 43.1 cm³/mol. The molecule has 2 aliphatic rings. The molecular weight excluding hydrogens is 120 g/mol. The number of hydrogen-bond donors (Lipinski definition) is 0. The van der Waals surface area contributed by atoms with E-state index in [1.165, 1.54) is 19.3 Å². The third kappa shape index (κ3) is 0.741. The summed E-state index contributed by atoms with van der Waals surface area (Å²) in [7, 11) is 0. The van der Waals surface area contributed by atoms with E-state index in [0.717, 1.165) is 30.1 Å². The molecule has 0 aromatic rings. The van der Waals surface area contributed by atoms with Gasteiger partial charge in [-0.25, -0.2) is 0 Å². The van der Waals surface area contributed by atoms with Crippen LogP contribution in [-0.2, 0) is 0 Å². The van der Waals surface area contributed by atoms with Gasteiger partial charge in [-0.1, -0.05) is 6.92 Å². The highest BCUT2D eigenvalue weighted by molar-refractivity contribution is 4.97. The topological polar surface area (TPSA) is 0 Å². The van der Waals surface area contributed by atoms with Crippen LogP contribution in [0.3, 0.4) is 0 Å². The van der Waals surface area contributed by atoms with Crippen LogP contribution in [0.25, 0.3) is 0 Å². The van der Waals surface area contributed by atoms with Crippen LogP contribution in [0.15, 0.2) is 0 Å². The van der Waals surface area contributed by atoms with E-state index in [0.29, 0.717) is 0 Å². The lowest BCUT2D eigenvalue weighted by atomic mass is 9.79. The van der Waals surface area contributed by atoms with E-state index < -0.39 is 0 Å². The lowest BCUT2D eigenvalue weighted by Gasteiger charge is -2.26. The third-order valence-corrected chi connectivity index (χ3v) is 3.61. The van der Waals surface area contributed by atoms with Crippen molar-refractivity contribution in [2.24, 2.45) is 23.7 Å². The van der Waals surface area contributed by atoms with Gasteiger partial charge in [-0.3, -0.25) is 0 Å². The summed E-state index contributed by atoms with van der Waals surface area (Å²) in [5, 5.41) is 0. The molecule has 2 fully saturated rings. The minimum absolute atomic E-state index is 0.747. The minimum Gasteiger partial charge on any atom is -0.0530 e. The molecule has 2 saturated carbocycles. The molecule has 0 spiro atoms. The second kappa shape index (κ2) is 2.25. The van der Waals surface area contributed by atoms with E-state index in [2.05, 4.69) is 13.8 Å². The van der Waals surface area contributed by atoms with Crippen molar-refractivity contribution in [2.45, 2.75) is 25.7 Å². The summed E-state index contributed by atoms with van der Waals surface area (Å²) in [4.78, 5) is 0. The second-order valence-corrected chi connectivity index (χ2v) is 3.95. The Labute approximate surface area is 64.0 Å². The van der Waals surface area contributed by atoms with Crippen LogP contribution in [0.2, 0.25) is 0 Å². The predicted octanol–water partition coefficient (Wildman–Crippen LogP) is 2.71. The molecule has 10 heavy (non-hydrogen) atoms. The molecule has 0 amide bonds. The fourth-order valence-corrected chi connectivity index (χ4v) is 2.98. The normalized spacial score (nSPS) is 52.2. The molecule has 2 radical (unpaired) electrons. The molecule has 0 heterocycles. The minimum atomic E-state index is 0.747. The van der Waals surface area contributed by atoms with Gasteiger partial charge in [-0.2, -0.15) is 0 Å². The summed E-state index contributed by atoms with van der Waals surface area (Å²) in [5.41, 5.74) is 0. The molecule has 2 rings (SSSR count). The van der Waals surface area contributed by atoms with E-state index >= 15 is 0 Å². The first-order valence-electron chi connectivity index (χ1n) is 4.45. The lowest BCUT2D eigenvalue weighted by molar-refractivity contribution is 0.265. The van der Waals surface area contributed by atoms with Crippen LogP contribution in [-0.4, -0.2) is 0 Å². The zero-order chi connectivity index (χ0) is 7.14. The number of rotatable bonds is 1. The number of fused-ring (bicyclic) bond motifs is 2. The maximum atomic E-state index is 4.23. The van der Waals surface area contributed by atoms with Crippen LogP contribution in [0, 0.1) is 37.5 Å². The Kier molecular flexibility index (Phi) is 1.51. The highest BCUT2D eigenvalue weighted by Crippen LogP contribution is 2.52. The Morgan fingerprint density at radius 1 is 1.20 bits per heavy atom. The van der Waals surface area contributed by atoms with Gasteiger partial charge in [0.2, 0.25) is 0 Å². The Balaban J connectivity index is 2.10. The zero-order valence-corrected chi connectivity index (χ0v) is 6.55. The van der Waals surface area contributed by atoms with Crippen molar-refractivity contribution in [1.29, 1.82) is 0 Å². The molecule has 0 aromatic carbocycles. The van der Waals surface area contributed by atoms with Gasteiger partial charge in [0.15, 0.2) is 0 Å². The van der Waals surface area contributed by atoms with Gasteiger partial charge in [0.05, 0.1) is 0 Å². The molecule has 0 heteroatoms. The summed E-state index contributed by atoms with van der Waals surface area (Å²) in [6.45, 7) is 8.23. The lowest BCUT2D eigenvalue weighted by Crippen LogP contribution is -2.18. The number of hydrogen-bond acceptors (Lipinski definition) is 0. The Morgan fingerprint density at radius 2 is 1.90 bits per heavy atom. The molecule has 4 unspecified atom stereocenters. The molecule has 0 N–H and O–H groups in total. The monoisotopic (exact) mass is 136 g/mol. The SMILES string of the molecule is [CH2]CC1C2CCC(C2)C1[CH2]. The van der Waals surface area contributed by atoms with Crippen LogP contribution >= 0.6 is 0 Å². The van der Waals surface area contributed by atoms with E-state index in [4.69, 9.17) is 0 Å². The van der Waals surface area contributed by atoms with E-state index in [-0.39, 0.29) is 0 Å². The highest BCUT2D eigenvalue weighted by atomic mass is 14.5. The molecule has 56 valence electrons. The van der Waals surface area contributed by atoms with Gasteiger partial charge in [-0.05, 0) is 56.3 Å². The summed E-state index contributed by atoms with van der Waals surface area (Å²) in [6.07, 6.45) is 5.51. The van der Waals surface area contributed by atoms with Crippen LogP contribution in [0.5, 0.6) is 0 Å². The molecule has 2 aliphatic carbocycles.